The van der Waals surface area contributed by atoms with Crippen LogP contribution in [0.4, 0.5) is 0 Å². The van der Waals surface area contributed by atoms with Gasteiger partial charge in [-0.25, -0.2) is 0 Å². The molecule has 0 spiro atoms. The summed E-state index contributed by atoms with van der Waals surface area (Å²) < 4.78 is 1.21. The standard InChI is InChI=1S/C11H12BrNS2/c12-11-2-1-10(15-11)7-13-5-3-9-4-6-14-8-9/h1-2,4,6,8,13H,3,5,7H2. The zero-order valence-electron chi connectivity index (χ0n) is 8.20. The van der Waals surface area contributed by atoms with E-state index in [9.17, 15) is 0 Å². The van der Waals surface area contributed by atoms with E-state index in [1.807, 2.05) is 0 Å². The highest BCUT2D eigenvalue weighted by atomic mass is 79.9. The Labute approximate surface area is 106 Å². The molecule has 0 saturated carbocycles. The first-order valence-electron chi connectivity index (χ1n) is 4.80. The third kappa shape index (κ3) is 3.72. The zero-order valence-corrected chi connectivity index (χ0v) is 11.4. The summed E-state index contributed by atoms with van der Waals surface area (Å²) in [6.45, 7) is 2.02. The highest BCUT2D eigenvalue weighted by molar-refractivity contribution is 9.11. The molecule has 15 heavy (non-hydrogen) atoms. The maximum Gasteiger partial charge on any atom is 0.0701 e. The predicted molar refractivity (Wildman–Crippen MR) is 71.7 cm³/mol. The SMILES string of the molecule is Brc1ccc(CNCCc2ccsc2)s1. The van der Waals surface area contributed by atoms with E-state index in [2.05, 4.69) is 50.2 Å². The van der Waals surface area contributed by atoms with Crippen LogP contribution in [0.25, 0.3) is 0 Å². The van der Waals surface area contributed by atoms with Crippen LogP contribution in [0.15, 0.2) is 32.7 Å². The molecule has 0 aliphatic rings. The van der Waals surface area contributed by atoms with Crippen LogP contribution in [-0.4, -0.2) is 6.54 Å². The van der Waals surface area contributed by atoms with Crippen molar-refractivity contribution in [2.45, 2.75) is 13.0 Å². The Bertz CT molecular complexity index is 394. The maximum absolute atomic E-state index is 3.46. The van der Waals surface area contributed by atoms with Gasteiger partial charge in [-0.1, -0.05) is 0 Å². The van der Waals surface area contributed by atoms with Crippen LogP contribution in [0, 0.1) is 0 Å². The second-order valence-corrected chi connectivity index (χ2v) is 6.59. The number of rotatable bonds is 5. The predicted octanol–water partition coefficient (Wildman–Crippen LogP) is 3.90. The lowest BCUT2D eigenvalue weighted by molar-refractivity contribution is 0.694. The molecule has 2 rings (SSSR count). The fourth-order valence-electron chi connectivity index (χ4n) is 1.33. The third-order valence-corrected chi connectivity index (χ3v) is 4.45. The number of hydrogen-bond donors (Lipinski definition) is 1. The minimum atomic E-state index is 0.973. The molecule has 0 bridgehead atoms. The third-order valence-electron chi connectivity index (χ3n) is 2.10. The minimum Gasteiger partial charge on any atom is -0.312 e. The molecule has 2 heterocycles. The molecule has 0 fully saturated rings. The summed E-state index contributed by atoms with van der Waals surface area (Å²) in [5.41, 5.74) is 1.43. The molecule has 0 atom stereocenters. The Morgan fingerprint density at radius 3 is 2.87 bits per heavy atom. The van der Waals surface area contributed by atoms with Gasteiger partial charge in [0.15, 0.2) is 0 Å². The summed E-state index contributed by atoms with van der Waals surface area (Å²) in [6, 6.07) is 6.45. The molecule has 0 aliphatic carbocycles. The molecule has 4 heteroatoms. The Balaban J connectivity index is 1.67. The van der Waals surface area contributed by atoms with E-state index in [4.69, 9.17) is 0 Å². The van der Waals surface area contributed by atoms with E-state index in [1.54, 1.807) is 22.7 Å². The molecule has 0 aliphatic heterocycles. The van der Waals surface area contributed by atoms with Crippen molar-refractivity contribution >= 4 is 38.6 Å². The minimum absolute atomic E-state index is 0.973. The Morgan fingerprint density at radius 1 is 1.27 bits per heavy atom. The van der Waals surface area contributed by atoms with Crippen LogP contribution in [0.2, 0.25) is 0 Å². The summed E-state index contributed by atoms with van der Waals surface area (Å²) in [4.78, 5) is 1.38. The van der Waals surface area contributed by atoms with Crippen molar-refractivity contribution in [1.82, 2.24) is 5.32 Å². The van der Waals surface area contributed by atoms with Crippen molar-refractivity contribution in [2.24, 2.45) is 0 Å². The molecule has 0 unspecified atom stereocenters. The van der Waals surface area contributed by atoms with E-state index >= 15 is 0 Å². The first-order chi connectivity index (χ1) is 7.34. The van der Waals surface area contributed by atoms with Gasteiger partial charge in [-0.05, 0) is 63.4 Å². The highest BCUT2D eigenvalue weighted by Crippen LogP contribution is 2.21. The average Bonchev–Trinajstić information content (AvgIpc) is 2.84. The Hall–Kier alpha value is -0.160. The molecule has 2 aromatic rings. The summed E-state index contributed by atoms with van der Waals surface area (Å²) in [7, 11) is 0. The van der Waals surface area contributed by atoms with Crippen molar-refractivity contribution in [3.05, 3.63) is 43.2 Å². The maximum atomic E-state index is 3.46. The van der Waals surface area contributed by atoms with E-state index in [-0.39, 0.29) is 0 Å². The van der Waals surface area contributed by atoms with Crippen molar-refractivity contribution in [3.63, 3.8) is 0 Å². The lowest BCUT2D eigenvalue weighted by atomic mass is 10.2. The molecule has 80 valence electrons. The molecule has 2 aromatic heterocycles. The lowest BCUT2D eigenvalue weighted by Crippen LogP contribution is -2.15. The number of halogens is 1. The van der Waals surface area contributed by atoms with Crippen LogP contribution in [-0.2, 0) is 13.0 Å². The topological polar surface area (TPSA) is 12.0 Å². The molecule has 1 nitrogen and oxygen atoms in total. The fraction of sp³-hybridized carbons (Fsp3) is 0.273. The Kier molecular flexibility index (Phi) is 4.38. The number of thiophene rings is 2. The van der Waals surface area contributed by atoms with Gasteiger partial charge < -0.3 is 5.32 Å². The molecule has 0 amide bonds. The van der Waals surface area contributed by atoms with Gasteiger partial charge in [0, 0.05) is 11.4 Å². The average molecular weight is 302 g/mol. The summed E-state index contributed by atoms with van der Waals surface area (Å²) >= 11 is 7.02. The second kappa shape index (κ2) is 5.80. The van der Waals surface area contributed by atoms with Crippen LogP contribution < -0.4 is 5.32 Å². The summed E-state index contributed by atoms with van der Waals surface area (Å²) in [5.74, 6) is 0. The highest BCUT2D eigenvalue weighted by Gasteiger charge is 1.97. The lowest BCUT2D eigenvalue weighted by Gasteiger charge is -2.01. The van der Waals surface area contributed by atoms with E-state index in [0.29, 0.717) is 0 Å². The van der Waals surface area contributed by atoms with Gasteiger partial charge in [-0.3, -0.25) is 0 Å². The summed E-state index contributed by atoms with van der Waals surface area (Å²) in [5, 5.41) is 7.79. The van der Waals surface area contributed by atoms with Crippen LogP contribution >= 0.6 is 38.6 Å². The number of nitrogens with one attached hydrogen (secondary N) is 1. The largest absolute Gasteiger partial charge is 0.312 e. The fourth-order valence-corrected chi connectivity index (χ4v) is 3.48. The van der Waals surface area contributed by atoms with Gasteiger partial charge in [-0.2, -0.15) is 11.3 Å². The molecule has 0 saturated heterocycles. The zero-order chi connectivity index (χ0) is 10.5. The van der Waals surface area contributed by atoms with Crippen molar-refractivity contribution in [1.29, 1.82) is 0 Å². The van der Waals surface area contributed by atoms with E-state index in [0.717, 1.165) is 19.5 Å². The first-order valence-corrected chi connectivity index (χ1v) is 7.36. The molecular weight excluding hydrogens is 290 g/mol. The van der Waals surface area contributed by atoms with E-state index < -0.39 is 0 Å². The number of hydrogen-bond acceptors (Lipinski definition) is 3. The van der Waals surface area contributed by atoms with Gasteiger partial charge in [0.2, 0.25) is 0 Å². The summed E-state index contributed by atoms with van der Waals surface area (Å²) in [6.07, 6.45) is 1.12. The van der Waals surface area contributed by atoms with Gasteiger partial charge in [-0.15, -0.1) is 11.3 Å². The normalized spacial score (nSPS) is 10.7. The smallest absolute Gasteiger partial charge is 0.0701 e. The van der Waals surface area contributed by atoms with Gasteiger partial charge in [0.25, 0.3) is 0 Å². The van der Waals surface area contributed by atoms with Gasteiger partial charge in [0.05, 0.1) is 3.79 Å². The molecule has 0 aromatic carbocycles. The molecular formula is C11H12BrNS2. The van der Waals surface area contributed by atoms with Crippen molar-refractivity contribution in [3.8, 4) is 0 Å². The second-order valence-electron chi connectivity index (χ2n) is 3.26. The van der Waals surface area contributed by atoms with Gasteiger partial charge in [0.1, 0.15) is 0 Å². The quantitative estimate of drug-likeness (QED) is 0.826. The molecule has 1 N–H and O–H groups in total. The van der Waals surface area contributed by atoms with Crippen molar-refractivity contribution < 1.29 is 0 Å². The van der Waals surface area contributed by atoms with Crippen molar-refractivity contribution in [2.75, 3.05) is 6.54 Å². The monoisotopic (exact) mass is 301 g/mol. The van der Waals surface area contributed by atoms with E-state index in [1.165, 1.54) is 14.2 Å². The molecule has 0 radical (unpaired) electrons. The Morgan fingerprint density at radius 2 is 2.20 bits per heavy atom. The first kappa shape index (κ1) is 11.3. The van der Waals surface area contributed by atoms with Crippen LogP contribution in [0.1, 0.15) is 10.4 Å². The van der Waals surface area contributed by atoms with Crippen LogP contribution in [0.3, 0.4) is 0 Å². The van der Waals surface area contributed by atoms with Crippen LogP contribution in [0.5, 0.6) is 0 Å². The van der Waals surface area contributed by atoms with Gasteiger partial charge >= 0.3 is 0 Å².